The molecule has 0 saturated heterocycles. The second-order valence-corrected chi connectivity index (χ2v) is 3.70. The lowest BCUT2D eigenvalue weighted by molar-refractivity contribution is 0.414. The number of nitrogens with two attached hydrogens (primary N) is 1. The topological polar surface area (TPSA) is 53.1 Å². The molecule has 1 aromatic carbocycles. The molecular formula is C12H15N3O. The van der Waals surface area contributed by atoms with E-state index in [0.29, 0.717) is 0 Å². The zero-order chi connectivity index (χ0) is 11.5. The van der Waals surface area contributed by atoms with Gasteiger partial charge in [-0.1, -0.05) is 0 Å². The molecule has 0 unspecified atom stereocenters. The van der Waals surface area contributed by atoms with E-state index >= 15 is 0 Å². The Hall–Kier alpha value is -1.81. The molecular weight excluding hydrogens is 202 g/mol. The lowest BCUT2D eigenvalue weighted by Gasteiger charge is -2.03. The first-order valence-corrected chi connectivity index (χ1v) is 5.15. The molecule has 1 heterocycles. The maximum absolute atomic E-state index is 5.78. The Kier molecular flexibility index (Phi) is 2.92. The normalized spacial score (nSPS) is 12.4. The van der Waals surface area contributed by atoms with E-state index in [1.54, 1.807) is 18.0 Å². The molecule has 0 aliphatic rings. The van der Waals surface area contributed by atoms with Crippen LogP contribution < -0.4 is 10.5 Å². The average molecular weight is 217 g/mol. The highest BCUT2D eigenvalue weighted by Gasteiger charge is 2.04. The van der Waals surface area contributed by atoms with Gasteiger partial charge in [0.15, 0.2) is 0 Å². The highest BCUT2D eigenvalue weighted by atomic mass is 16.5. The first-order valence-electron chi connectivity index (χ1n) is 5.15. The van der Waals surface area contributed by atoms with Crippen LogP contribution in [0.15, 0.2) is 36.7 Å². The number of methoxy groups -OCH3 is 1. The molecule has 4 heteroatoms. The first-order chi connectivity index (χ1) is 7.70. The summed E-state index contributed by atoms with van der Waals surface area (Å²) in [5.41, 5.74) is 7.79. The Bertz CT molecular complexity index is 459. The van der Waals surface area contributed by atoms with E-state index in [9.17, 15) is 0 Å². The summed E-state index contributed by atoms with van der Waals surface area (Å²) in [6.45, 7) is 1.94. The van der Waals surface area contributed by atoms with Crippen LogP contribution in [-0.2, 0) is 0 Å². The minimum absolute atomic E-state index is 0.00648. The first kappa shape index (κ1) is 10.7. The molecule has 2 aromatic rings. The van der Waals surface area contributed by atoms with Gasteiger partial charge in [0, 0.05) is 17.8 Å². The minimum atomic E-state index is 0.00648. The zero-order valence-electron chi connectivity index (χ0n) is 9.42. The Morgan fingerprint density at radius 2 is 2.00 bits per heavy atom. The van der Waals surface area contributed by atoms with Crippen molar-refractivity contribution in [3.8, 4) is 11.4 Å². The molecule has 0 spiro atoms. The summed E-state index contributed by atoms with van der Waals surface area (Å²) in [4.78, 5) is 0. The van der Waals surface area contributed by atoms with Crippen molar-refractivity contribution in [3.05, 3.63) is 42.2 Å². The van der Waals surface area contributed by atoms with Gasteiger partial charge in [-0.3, -0.25) is 0 Å². The summed E-state index contributed by atoms with van der Waals surface area (Å²) < 4.78 is 6.90. The van der Waals surface area contributed by atoms with E-state index in [4.69, 9.17) is 10.5 Å². The van der Waals surface area contributed by atoms with Gasteiger partial charge in [-0.25, -0.2) is 4.68 Å². The maximum Gasteiger partial charge on any atom is 0.119 e. The summed E-state index contributed by atoms with van der Waals surface area (Å²) >= 11 is 0. The molecule has 0 radical (unpaired) electrons. The van der Waals surface area contributed by atoms with E-state index in [2.05, 4.69) is 5.10 Å². The van der Waals surface area contributed by atoms with E-state index in [1.807, 2.05) is 37.4 Å². The molecule has 16 heavy (non-hydrogen) atoms. The van der Waals surface area contributed by atoms with Gasteiger partial charge >= 0.3 is 0 Å². The fourth-order valence-corrected chi connectivity index (χ4v) is 1.45. The van der Waals surface area contributed by atoms with Crippen LogP contribution in [0.5, 0.6) is 5.75 Å². The summed E-state index contributed by atoms with van der Waals surface area (Å²) in [7, 11) is 1.65. The van der Waals surface area contributed by atoms with Crippen LogP contribution in [0.1, 0.15) is 18.5 Å². The lowest BCUT2D eigenvalue weighted by Crippen LogP contribution is -2.03. The molecule has 2 rings (SSSR count). The van der Waals surface area contributed by atoms with E-state index in [0.717, 1.165) is 17.0 Å². The molecule has 84 valence electrons. The van der Waals surface area contributed by atoms with Crippen molar-refractivity contribution in [2.75, 3.05) is 7.11 Å². The molecule has 0 aliphatic heterocycles. The highest BCUT2D eigenvalue weighted by Crippen LogP contribution is 2.16. The van der Waals surface area contributed by atoms with Crippen LogP contribution >= 0.6 is 0 Å². The van der Waals surface area contributed by atoms with Crippen molar-refractivity contribution in [2.24, 2.45) is 5.73 Å². The second-order valence-electron chi connectivity index (χ2n) is 3.70. The minimum Gasteiger partial charge on any atom is -0.497 e. The summed E-state index contributed by atoms with van der Waals surface area (Å²) in [6, 6.07) is 7.73. The molecule has 0 aliphatic carbocycles. The van der Waals surface area contributed by atoms with Gasteiger partial charge in [0.1, 0.15) is 5.75 Å². The molecule has 0 fully saturated rings. The molecule has 4 nitrogen and oxygen atoms in total. The number of aromatic nitrogens is 2. The van der Waals surface area contributed by atoms with Crippen molar-refractivity contribution in [1.29, 1.82) is 0 Å². The Labute approximate surface area is 94.6 Å². The van der Waals surface area contributed by atoms with Gasteiger partial charge in [-0.15, -0.1) is 0 Å². The van der Waals surface area contributed by atoms with Crippen molar-refractivity contribution in [1.82, 2.24) is 9.78 Å². The predicted octanol–water partition coefficient (Wildman–Crippen LogP) is 1.90. The number of hydrogen-bond donors (Lipinski definition) is 1. The van der Waals surface area contributed by atoms with Crippen molar-refractivity contribution in [2.45, 2.75) is 13.0 Å². The molecule has 1 aromatic heterocycles. The summed E-state index contributed by atoms with van der Waals surface area (Å²) in [5, 5.41) is 4.26. The largest absolute Gasteiger partial charge is 0.497 e. The molecule has 0 bridgehead atoms. The van der Waals surface area contributed by atoms with Crippen molar-refractivity contribution in [3.63, 3.8) is 0 Å². The van der Waals surface area contributed by atoms with E-state index in [1.165, 1.54) is 0 Å². The van der Waals surface area contributed by atoms with E-state index in [-0.39, 0.29) is 6.04 Å². The van der Waals surface area contributed by atoms with Gasteiger partial charge in [-0.2, -0.15) is 5.10 Å². The fraction of sp³-hybridized carbons (Fsp3) is 0.250. The number of benzene rings is 1. The van der Waals surface area contributed by atoms with Crippen LogP contribution in [0.25, 0.3) is 5.69 Å². The number of hydrogen-bond acceptors (Lipinski definition) is 3. The Morgan fingerprint density at radius 1 is 1.31 bits per heavy atom. The number of ether oxygens (including phenoxy) is 1. The fourth-order valence-electron chi connectivity index (χ4n) is 1.45. The highest BCUT2D eigenvalue weighted by molar-refractivity contribution is 5.37. The number of rotatable bonds is 3. The van der Waals surface area contributed by atoms with E-state index < -0.39 is 0 Å². The molecule has 2 N–H and O–H groups in total. The summed E-state index contributed by atoms with van der Waals surface area (Å²) in [5.74, 6) is 0.836. The molecule has 0 amide bonds. The average Bonchev–Trinajstić information content (AvgIpc) is 2.78. The van der Waals surface area contributed by atoms with Gasteiger partial charge < -0.3 is 10.5 Å². The maximum atomic E-state index is 5.78. The Balaban J connectivity index is 2.28. The van der Waals surface area contributed by atoms with Crippen LogP contribution in [0.3, 0.4) is 0 Å². The second kappa shape index (κ2) is 4.37. The predicted molar refractivity (Wildman–Crippen MR) is 62.7 cm³/mol. The third-order valence-corrected chi connectivity index (χ3v) is 2.47. The molecule has 1 atom stereocenters. The van der Waals surface area contributed by atoms with Crippen LogP contribution in [0, 0.1) is 0 Å². The number of nitrogens with zero attached hydrogens (tertiary/aromatic N) is 2. The van der Waals surface area contributed by atoms with Crippen molar-refractivity contribution >= 4 is 0 Å². The summed E-state index contributed by atoms with van der Waals surface area (Å²) in [6.07, 6.45) is 3.72. The third-order valence-electron chi connectivity index (χ3n) is 2.47. The quantitative estimate of drug-likeness (QED) is 0.854. The van der Waals surface area contributed by atoms with Gasteiger partial charge in [0.05, 0.1) is 19.0 Å². The van der Waals surface area contributed by atoms with Crippen LogP contribution in [-0.4, -0.2) is 16.9 Å². The smallest absolute Gasteiger partial charge is 0.119 e. The van der Waals surface area contributed by atoms with Gasteiger partial charge in [0.25, 0.3) is 0 Å². The standard InChI is InChI=1S/C12H15N3O/c1-9(13)10-7-14-15(8-10)11-3-5-12(16-2)6-4-11/h3-9H,13H2,1-2H3/t9-/m1/s1. The van der Waals surface area contributed by atoms with Gasteiger partial charge in [-0.05, 0) is 31.2 Å². The zero-order valence-corrected chi connectivity index (χ0v) is 9.42. The molecule has 0 saturated carbocycles. The van der Waals surface area contributed by atoms with Gasteiger partial charge in [0.2, 0.25) is 0 Å². The van der Waals surface area contributed by atoms with Crippen molar-refractivity contribution < 1.29 is 4.74 Å². The third kappa shape index (κ3) is 2.06. The van der Waals surface area contributed by atoms with Crippen LogP contribution in [0.4, 0.5) is 0 Å². The Morgan fingerprint density at radius 3 is 2.50 bits per heavy atom. The lowest BCUT2D eigenvalue weighted by atomic mass is 10.2. The SMILES string of the molecule is COc1ccc(-n2cc([C@@H](C)N)cn2)cc1. The monoisotopic (exact) mass is 217 g/mol. The van der Waals surface area contributed by atoms with Crippen LogP contribution in [0.2, 0.25) is 0 Å².